The van der Waals surface area contributed by atoms with Crippen LogP contribution in [0.25, 0.3) is 0 Å². The van der Waals surface area contributed by atoms with Crippen molar-refractivity contribution in [3.63, 3.8) is 0 Å². The first-order valence-corrected chi connectivity index (χ1v) is 12.2. The van der Waals surface area contributed by atoms with Crippen LogP contribution in [0.2, 0.25) is 0 Å². The Morgan fingerprint density at radius 1 is 1.14 bits per heavy atom. The third kappa shape index (κ3) is 4.23. The fraction of sp³-hybridized carbons (Fsp3) is 0.682. The molecule has 2 saturated heterocycles. The molecule has 2 fully saturated rings. The molecule has 0 aliphatic carbocycles. The topological polar surface area (TPSA) is 69.7 Å². The highest BCUT2D eigenvalue weighted by atomic mass is 32.2. The summed E-state index contributed by atoms with van der Waals surface area (Å²) in [6.45, 7) is 11.2. The minimum atomic E-state index is -3.51. The molecule has 0 bridgehead atoms. The molecule has 1 aromatic rings. The quantitative estimate of drug-likeness (QED) is 0.766. The minimum Gasteiger partial charge on any atom is -0.320 e. The molecule has 2 aliphatic rings. The largest absolute Gasteiger partial charge is 0.320 e. The normalized spacial score (nSPS) is 23.9. The highest BCUT2D eigenvalue weighted by Crippen LogP contribution is 2.37. The maximum absolute atomic E-state index is 13.2. The maximum atomic E-state index is 13.2. The second kappa shape index (κ2) is 8.36. The first-order valence-electron chi connectivity index (χ1n) is 10.8. The Morgan fingerprint density at radius 2 is 1.72 bits per heavy atom. The van der Waals surface area contributed by atoms with Crippen molar-refractivity contribution in [1.82, 2.24) is 14.5 Å². The van der Waals surface area contributed by atoms with E-state index in [4.69, 9.17) is 0 Å². The van der Waals surface area contributed by atoms with Crippen molar-refractivity contribution in [2.24, 2.45) is 5.92 Å². The summed E-state index contributed by atoms with van der Waals surface area (Å²) in [6.07, 6.45) is 2.92. The monoisotopic (exact) mass is 421 g/mol. The van der Waals surface area contributed by atoms with Crippen LogP contribution in [0.15, 0.2) is 29.2 Å². The van der Waals surface area contributed by atoms with Gasteiger partial charge >= 0.3 is 0 Å². The van der Waals surface area contributed by atoms with E-state index in [1.807, 2.05) is 24.0 Å². The zero-order valence-corrected chi connectivity index (χ0v) is 19.1. The minimum absolute atomic E-state index is 0.132. The number of carbonyl (C=O) groups excluding carboxylic acids is 1. The van der Waals surface area contributed by atoms with Gasteiger partial charge in [-0.05, 0) is 57.6 Å². The zero-order chi connectivity index (χ0) is 21.4. The Bertz CT molecular complexity index is 827. The van der Waals surface area contributed by atoms with E-state index in [-0.39, 0.29) is 18.0 Å². The van der Waals surface area contributed by atoms with E-state index in [9.17, 15) is 13.2 Å². The predicted molar refractivity (Wildman–Crippen MR) is 115 cm³/mol. The van der Waals surface area contributed by atoms with Crippen molar-refractivity contribution >= 4 is 15.9 Å². The van der Waals surface area contributed by atoms with E-state index in [1.165, 1.54) is 0 Å². The van der Waals surface area contributed by atoms with E-state index >= 15 is 0 Å². The number of piperidine rings is 1. The van der Waals surface area contributed by atoms with Crippen LogP contribution in [0.4, 0.5) is 0 Å². The van der Waals surface area contributed by atoms with Gasteiger partial charge in [0, 0.05) is 19.1 Å². The lowest BCUT2D eigenvalue weighted by atomic mass is 9.95. The lowest BCUT2D eigenvalue weighted by molar-refractivity contribution is -0.136. The molecule has 6 nitrogen and oxygen atoms in total. The third-order valence-corrected chi connectivity index (χ3v) is 8.30. The van der Waals surface area contributed by atoms with Gasteiger partial charge in [0.15, 0.2) is 0 Å². The number of nitrogens with zero attached hydrogens (tertiary/aromatic N) is 2. The molecule has 1 N–H and O–H groups in total. The molecule has 0 aromatic heterocycles. The number of rotatable bonds is 6. The molecular formula is C22H35N3O3S. The summed E-state index contributed by atoms with van der Waals surface area (Å²) in [4.78, 5) is 15.5. The van der Waals surface area contributed by atoms with Crippen molar-refractivity contribution in [3.05, 3.63) is 29.8 Å². The Labute approximate surface area is 175 Å². The zero-order valence-electron chi connectivity index (χ0n) is 18.3. The molecule has 7 heteroatoms. The first-order chi connectivity index (χ1) is 13.6. The molecular weight excluding hydrogens is 386 g/mol. The number of hydrogen-bond acceptors (Lipinski definition) is 4. The number of aryl methyl sites for hydroxylation is 1. The van der Waals surface area contributed by atoms with E-state index < -0.39 is 15.7 Å². The SMILES string of the molecule is CC[C@H](C)N1C(=O)[C@@H](CC(C)C)NC12CCN(S(=O)(=O)c1ccc(C)cc1)CC2. The Kier molecular flexibility index (Phi) is 6.41. The van der Waals surface area contributed by atoms with Gasteiger partial charge in [-0.15, -0.1) is 0 Å². The van der Waals surface area contributed by atoms with E-state index in [0.29, 0.717) is 36.7 Å². The molecule has 0 saturated carbocycles. The van der Waals surface area contributed by atoms with E-state index in [2.05, 4.69) is 33.0 Å². The summed E-state index contributed by atoms with van der Waals surface area (Å²) in [6, 6.07) is 6.97. The molecule has 1 amide bonds. The standard InChI is InChI=1S/C22H35N3O3S/c1-6-18(5)25-21(26)20(15-16(2)3)23-22(25)11-13-24(14-12-22)29(27,28)19-9-7-17(4)8-10-19/h7-10,16,18,20,23H,6,11-15H2,1-5H3/t18-,20+/m0/s1. The van der Waals surface area contributed by atoms with Crippen molar-refractivity contribution < 1.29 is 13.2 Å². The van der Waals surface area contributed by atoms with Crippen LogP contribution in [0.5, 0.6) is 0 Å². The Balaban J connectivity index is 1.80. The number of nitrogens with one attached hydrogen (secondary N) is 1. The fourth-order valence-corrected chi connectivity index (χ4v) is 6.07. The molecule has 162 valence electrons. The van der Waals surface area contributed by atoms with Crippen LogP contribution in [0.1, 0.15) is 58.9 Å². The Morgan fingerprint density at radius 3 is 2.24 bits per heavy atom. The summed E-state index contributed by atoms with van der Waals surface area (Å²) in [7, 11) is -3.51. The highest BCUT2D eigenvalue weighted by molar-refractivity contribution is 7.89. The van der Waals surface area contributed by atoms with Crippen molar-refractivity contribution in [1.29, 1.82) is 0 Å². The second-order valence-electron chi connectivity index (χ2n) is 9.04. The summed E-state index contributed by atoms with van der Waals surface area (Å²) in [5.74, 6) is 0.593. The van der Waals surface area contributed by atoms with Gasteiger partial charge in [-0.2, -0.15) is 4.31 Å². The molecule has 0 unspecified atom stereocenters. The average Bonchev–Trinajstić information content (AvgIpc) is 2.92. The molecule has 2 heterocycles. The van der Waals surface area contributed by atoms with Gasteiger partial charge in [0.1, 0.15) is 0 Å². The lowest BCUT2D eigenvalue weighted by Gasteiger charge is -2.46. The van der Waals surface area contributed by atoms with E-state index in [1.54, 1.807) is 16.4 Å². The molecule has 1 aromatic carbocycles. The van der Waals surface area contributed by atoms with Crippen LogP contribution in [0.3, 0.4) is 0 Å². The number of sulfonamides is 1. The highest BCUT2D eigenvalue weighted by Gasteiger charge is 2.53. The fourth-order valence-electron chi connectivity index (χ4n) is 4.63. The van der Waals surface area contributed by atoms with Crippen LogP contribution in [0, 0.1) is 12.8 Å². The summed E-state index contributed by atoms with van der Waals surface area (Å²) >= 11 is 0. The van der Waals surface area contributed by atoms with Gasteiger partial charge in [-0.1, -0.05) is 38.5 Å². The molecule has 2 atom stereocenters. The molecule has 0 radical (unpaired) electrons. The summed E-state index contributed by atoms with van der Waals surface area (Å²) in [5, 5.41) is 3.63. The maximum Gasteiger partial charge on any atom is 0.243 e. The van der Waals surface area contributed by atoms with Crippen LogP contribution < -0.4 is 5.32 Å². The van der Waals surface area contributed by atoms with Gasteiger partial charge in [-0.3, -0.25) is 10.1 Å². The smallest absolute Gasteiger partial charge is 0.243 e. The number of carbonyl (C=O) groups is 1. The van der Waals surface area contributed by atoms with Crippen molar-refractivity contribution in [3.8, 4) is 0 Å². The molecule has 1 spiro atoms. The first kappa shape index (κ1) is 22.2. The predicted octanol–water partition coefficient (Wildman–Crippen LogP) is 3.12. The molecule has 2 aliphatic heterocycles. The van der Waals surface area contributed by atoms with Crippen LogP contribution in [-0.4, -0.2) is 54.4 Å². The van der Waals surface area contributed by atoms with Gasteiger partial charge in [0.25, 0.3) is 0 Å². The summed E-state index contributed by atoms with van der Waals surface area (Å²) < 4.78 is 27.7. The van der Waals surface area contributed by atoms with Crippen molar-refractivity contribution in [2.45, 2.75) is 82.9 Å². The molecule has 29 heavy (non-hydrogen) atoms. The van der Waals surface area contributed by atoms with Crippen LogP contribution >= 0.6 is 0 Å². The van der Waals surface area contributed by atoms with Gasteiger partial charge in [0.05, 0.1) is 16.6 Å². The van der Waals surface area contributed by atoms with Gasteiger partial charge in [0.2, 0.25) is 15.9 Å². The number of hydrogen-bond donors (Lipinski definition) is 1. The lowest BCUT2D eigenvalue weighted by Crippen LogP contribution is -2.61. The second-order valence-corrected chi connectivity index (χ2v) is 11.0. The number of amides is 1. The van der Waals surface area contributed by atoms with Gasteiger partial charge in [-0.25, -0.2) is 8.42 Å². The van der Waals surface area contributed by atoms with Crippen LogP contribution in [-0.2, 0) is 14.8 Å². The van der Waals surface area contributed by atoms with Gasteiger partial charge < -0.3 is 4.90 Å². The number of benzene rings is 1. The molecule has 3 rings (SSSR count). The average molecular weight is 422 g/mol. The summed E-state index contributed by atoms with van der Waals surface area (Å²) in [5.41, 5.74) is 0.598. The van der Waals surface area contributed by atoms with E-state index in [0.717, 1.165) is 18.4 Å². The third-order valence-electron chi connectivity index (χ3n) is 6.39. The Hall–Kier alpha value is -1.44. The van der Waals surface area contributed by atoms with Crippen molar-refractivity contribution in [2.75, 3.05) is 13.1 Å².